The first kappa shape index (κ1) is 13.7. The van der Waals surface area contributed by atoms with Crippen LogP contribution in [0.4, 0.5) is 5.69 Å². The van der Waals surface area contributed by atoms with Crippen LogP contribution in [0.25, 0.3) is 0 Å². The Morgan fingerprint density at radius 3 is 2.40 bits per heavy atom. The largest absolute Gasteiger partial charge is 0.506 e. The van der Waals surface area contributed by atoms with Gasteiger partial charge in [-0.25, -0.2) is 0 Å². The van der Waals surface area contributed by atoms with Crippen molar-refractivity contribution in [2.45, 2.75) is 6.92 Å². The molecular weight excluding hydrogens is 250 g/mol. The predicted octanol–water partition coefficient (Wildman–Crippen LogP) is 3.06. The highest BCUT2D eigenvalue weighted by molar-refractivity contribution is 6.07. The van der Waals surface area contributed by atoms with Crippen LogP contribution in [0.3, 0.4) is 0 Å². The summed E-state index contributed by atoms with van der Waals surface area (Å²) < 4.78 is 0. The number of aromatic hydroxyl groups is 1. The smallest absolute Gasteiger partial charge is 0.259 e. The number of benzene rings is 2. The van der Waals surface area contributed by atoms with Crippen molar-refractivity contribution in [3.63, 3.8) is 0 Å². The van der Waals surface area contributed by atoms with E-state index < -0.39 is 0 Å². The van der Waals surface area contributed by atoms with Gasteiger partial charge in [0.2, 0.25) is 0 Å². The van der Waals surface area contributed by atoms with Crippen molar-refractivity contribution in [2.24, 2.45) is 0 Å². The third-order valence-corrected chi connectivity index (χ3v) is 2.85. The van der Waals surface area contributed by atoms with Gasteiger partial charge in [-0.15, -0.1) is 5.92 Å². The molecule has 2 rings (SSSR count). The van der Waals surface area contributed by atoms with E-state index in [0.29, 0.717) is 11.3 Å². The number of amides is 1. The molecule has 1 amide bonds. The second-order valence-electron chi connectivity index (χ2n) is 4.17. The Balaban J connectivity index is 2.40. The number of phenols is 1. The molecule has 0 spiro atoms. The molecular formula is C17H15NO2. The van der Waals surface area contributed by atoms with Gasteiger partial charge in [0.05, 0.1) is 12.2 Å². The lowest BCUT2D eigenvalue weighted by Gasteiger charge is -2.21. The van der Waals surface area contributed by atoms with Crippen molar-refractivity contribution < 1.29 is 9.90 Å². The Morgan fingerprint density at radius 2 is 1.75 bits per heavy atom. The Morgan fingerprint density at radius 1 is 1.10 bits per heavy atom. The van der Waals surface area contributed by atoms with Crippen LogP contribution in [-0.4, -0.2) is 17.6 Å². The minimum atomic E-state index is -0.185. The van der Waals surface area contributed by atoms with Gasteiger partial charge in [0, 0.05) is 5.56 Å². The van der Waals surface area contributed by atoms with Crippen LogP contribution in [-0.2, 0) is 0 Å². The first-order chi connectivity index (χ1) is 9.74. The summed E-state index contributed by atoms with van der Waals surface area (Å²) in [7, 11) is 0. The number of hydrogen-bond acceptors (Lipinski definition) is 2. The summed E-state index contributed by atoms with van der Waals surface area (Å²) in [5.41, 5.74) is 1.03. The van der Waals surface area contributed by atoms with E-state index in [1.54, 1.807) is 43.3 Å². The molecule has 0 bridgehead atoms. The second kappa shape index (κ2) is 6.44. The lowest BCUT2D eigenvalue weighted by atomic mass is 10.1. The highest BCUT2D eigenvalue weighted by Crippen LogP contribution is 2.27. The van der Waals surface area contributed by atoms with Crippen molar-refractivity contribution >= 4 is 11.6 Å². The molecule has 3 heteroatoms. The minimum Gasteiger partial charge on any atom is -0.506 e. The van der Waals surface area contributed by atoms with Crippen LogP contribution >= 0.6 is 0 Å². The normalized spacial score (nSPS) is 9.45. The van der Waals surface area contributed by atoms with E-state index in [0.717, 1.165) is 0 Å². The van der Waals surface area contributed by atoms with Crippen molar-refractivity contribution in [3.05, 3.63) is 60.2 Å². The van der Waals surface area contributed by atoms with Crippen LogP contribution in [0.2, 0.25) is 0 Å². The minimum absolute atomic E-state index is 0.0645. The number of hydrogen-bond donors (Lipinski definition) is 1. The number of carbonyl (C=O) groups excluding carboxylic acids is 1. The maximum Gasteiger partial charge on any atom is 0.259 e. The van der Waals surface area contributed by atoms with E-state index in [1.165, 1.54) is 4.90 Å². The molecule has 0 fully saturated rings. The third-order valence-electron chi connectivity index (χ3n) is 2.85. The molecule has 0 unspecified atom stereocenters. The predicted molar refractivity (Wildman–Crippen MR) is 79.7 cm³/mol. The van der Waals surface area contributed by atoms with E-state index in [4.69, 9.17) is 0 Å². The zero-order valence-electron chi connectivity index (χ0n) is 11.2. The van der Waals surface area contributed by atoms with Gasteiger partial charge in [-0.2, -0.15) is 0 Å². The Labute approximate surface area is 118 Å². The van der Waals surface area contributed by atoms with E-state index in [2.05, 4.69) is 11.8 Å². The molecule has 100 valence electrons. The third kappa shape index (κ3) is 2.99. The quantitative estimate of drug-likeness (QED) is 0.866. The number of nitrogens with zero attached hydrogens (tertiary/aromatic N) is 1. The van der Waals surface area contributed by atoms with Gasteiger partial charge in [-0.3, -0.25) is 9.69 Å². The zero-order valence-corrected chi connectivity index (χ0v) is 11.2. The Kier molecular flexibility index (Phi) is 4.41. The molecule has 1 N–H and O–H groups in total. The average molecular weight is 265 g/mol. The summed E-state index contributed by atoms with van der Waals surface area (Å²) in [5, 5.41) is 9.93. The molecule has 0 aromatic heterocycles. The first-order valence-electron chi connectivity index (χ1n) is 6.28. The van der Waals surface area contributed by atoms with E-state index in [-0.39, 0.29) is 18.2 Å². The Bertz CT molecular complexity index is 653. The van der Waals surface area contributed by atoms with Crippen LogP contribution in [0.15, 0.2) is 54.6 Å². The van der Waals surface area contributed by atoms with Gasteiger partial charge >= 0.3 is 0 Å². The second-order valence-corrected chi connectivity index (χ2v) is 4.17. The monoisotopic (exact) mass is 265 g/mol. The van der Waals surface area contributed by atoms with Crippen LogP contribution < -0.4 is 4.90 Å². The fourth-order valence-corrected chi connectivity index (χ4v) is 1.85. The SMILES string of the molecule is CC#CCN(C(=O)c1ccccc1)c1ccccc1O. The summed E-state index contributed by atoms with van der Waals surface area (Å²) in [6, 6.07) is 15.7. The van der Waals surface area contributed by atoms with Gasteiger partial charge in [0.15, 0.2) is 0 Å². The maximum atomic E-state index is 12.6. The van der Waals surface area contributed by atoms with Crippen molar-refractivity contribution in [1.29, 1.82) is 0 Å². The summed E-state index contributed by atoms with van der Waals surface area (Å²) in [6.07, 6.45) is 0. The van der Waals surface area contributed by atoms with E-state index in [1.807, 2.05) is 18.2 Å². The van der Waals surface area contributed by atoms with Crippen molar-refractivity contribution in [3.8, 4) is 17.6 Å². The number of phenolic OH excluding ortho intramolecular Hbond substituents is 1. The fourth-order valence-electron chi connectivity index (χ4n) is 1.85. The summed E-state index contributed by atoms with van der Waals surface area (Å²) in [6.45, 7) is 1.96. The summed E-state index contributed by atoms with van der Waals surface area (Å²) >= 11 is 0. The molecule has 2 aromatic carbocycles. The summed E-state index contributed by atoms with van der Waals surface area (Å²) in [5.74, 6) is 5.52. The van der Waals surface area contributed by atoms with E-state index in [9.17, 15) is 9.90 Å². The summed E-state index contributed by atoms with van der Waals surface area (Å²) in [4.78, 5) is 14.0. The molecule has 0 radical (unpaired) electrons. The Hall–Kier alpha value is -2.73. The van der Waals surface area contributed by atoms with Gasteiger partial charge < -0.3 is 5.11 Å². The number of anilines is 1. The molecule has 0 aliphatic carbocycles. The molecule has 0 aliphatic heterocycles. The van der Waals surface area contributed by atoms with E-state index >= 15 is 0 Å². The average Bonchev–Trinajstić information content (AvgIpc) is 2.50. The standard InChI is InChI=1S/C17H15NO2/c1-2-3-13-18(15-11-7-8-12-16(15)19)17(20)14-9-5-4-6-10-14/h4-12,19H,13H2,1H3. The molecule has 0 aliphatic rings. The molecule has 2 aromatic rings. The fraction of sp³-hybridized carbons (Fsp3) is 0.118. The highest BCUT2D eigenvalue weighted by Gasteiger charge is 2.18. The van der Waals surface area contributed by atoms with Crippen LogP contribution in [0.1, 0.15) is 17.3 Å². The maximum absolute atomic E-state index is 12.6. The van der Waals surface area contributed by atoms with Gasteiger partial charge in [-0.05, 0) is 31.2 Å². The topological polar surface area (TPSA) is 40.5 Å². The molecule has 0 saturated heterocycles. The van der Waals surface area contributed by atoms with Gasteiger partial charge in [-0.1, -0.05) is 36.3 Å². The molecule has 0 saturated carbocycles. The molecule has 0 heterocycles. The van der Waals surface area contributed by atoms with Crippen LogP contribution in [0.5, 0.6) is 5.75 Å². The lowest BCUT2D eigenvalue weighted by Crippen LogP contribution is -2.31. The molecule has 20 heavy (non-hydrogen) atoms. The van der Waals surface area contributed by atoms with Crippen LogP contribution in [0, 0.1) is 11.8 Å². The molecule has 3 nitrogen and oxygen atoms in total. The first-order valence-corrected chi connectivity index (χ1v) is 6.28. The zero-order chi connectivity index (χ0) is 14.4. The highest BCUT2D eigenvalue weighted by atomic mass is 16.3. The lowest BCUT2D eigenvalue weighted by molar-refractivity contribution is 0.0989. The van der Waals surface area contributed by atoms with Crippen molar-refractivity contribution in [1.82, 2.24) is 0 Å². The van der Waals surface area contributed by atoms with Gasteiger partial charge in [0.25, 0.3) is 5.91 Å². The number of rotatable bonds is 3. The van der Waals surface area contributed by atoms with Crippen molar-refractivity contribution in [2.75, 3.05) is 11.4 Å². The van der Waals surface area contributed by atoms with Gasteiger partial charge in [0.1, 0.15) is 5.75 Å². The number of carbonyl (C=O) groups is 1. The molecule has 0 atom stereocenters. The number of para-hydroxylation sites is 2.